The Morgan fingerprint density at radius 3 is 2.96 bits per heavy atom. The molecule has 4 nitrogen and oxygen atoms in total. The van der Waals surface area contributed by atoms with Crippen LogP contribution in [0.4, 0.5) is 0 Å². The van der Waals surface area contributed by atoms with Crippen molar-refractivity contribution in [3.63, 3.8) is 0 Å². The summed E-state index contributed by atoms with van der Waals surface area (Å²) in [5.74, 6) is 2.59. The quantitative estimate of drug-likeness (QED) is 0.889. The Kier molecular flexibility index (Phi) is 4.55. The van der Waals surface area contributed by atoms with Crippen LogP contribution in [0, 0.1) is 11.8 Å². The molecule has 140 valence electrons. The van der Waals surface area contributed by atoms with E-state index in [2.05, 4.69) is 25.7 Å². The number of primary amides is 1. The van der Waals surface area contributed by atoms with E-state index in [1.807, 2.05) is 12.1 Å². The number of piperidine rings is 1. The molecule has 2 aromatic rings. The van der Waals surface area contributed by atoms with E-state index < -0.39 is 0 Å². The molecule has 1 fully saturated rings. The minimum atomic E-state index is -0.374. The Hall–Kier alpha value is -1.81. The van der Waals surface area contributed by atoms with Crippen LogP contribution in [-0.4, -0.2) is 29.9 Å². The smallest absolute Gasteiger partial charge is 0.248 e. The van der Waals surface area contributed by atoms with E-state index in [0.717, 1.165) is 23.9 Å². The first kappa shape index (κ1) is 17.6. The molecule has 1 amide bonds. The fourth-order valence-electron chi connectivity index (χ4n) is 5.44. The topological polar surface area (TPSA) is 59.5 Å². The summed E-state index contributed by atoms with van der Waals surface area (Å²) in [7, 11) is 0. The van der Waals surface area contributed by atoms with Gasteiger partial charge in [0, 0.05) is 41.6 Å². The van der Waals surface area contributed by atoms with Crippen molar-refractivity contribution in [3.05, 3.63) is 35.1 Å². The molecule has 0 saturated carbocycles. The van der Waals surface area contributed by atoms with Gasteiger partial charge in [-0.1, -0.05) is 27.2 Å². The number of fused-ring (bicyclic) bond motifs is 6. The molecule has 0 aliphatic carbocycles. The van der Waals surface area contributed by atoms with Crippen LogP contribution in [0.15, 0.2) is 22.6 Å². The maximum Gasteiger partial charge on any atom is 0.248 e. The zero-order chi connectivity index (χ0) is 18.4. The molecule has 26 heavy (non-hydrogen) atoms. The Morgan fingerprint density at radius 2 is 2.23 bits per heavy atom. The molecule has 2 N–H and O–H groups in total. The average molecular weight is 354 g/mol. The number of carbonyl (C=O) groups excluding carboxylic acids is 1. The molecule has 2 bridgehead atoms. The predicted molar refractivity (Wildman–Crippen MR) is 104 cm³/mol. The molecular weight excluding hydrogens is 324 g/mol. The van der Waals surface area contributed by atoms with E-state index in [1.54, 1.807) is 6.07 Å². The van der Waals surface area contributed by atoms with Crippen molar-refractivity contribution < 1.29 is 9.21 Å². The van der Waals surface area contributed by atoms with Gasteiger partial charge in [-0.25, -0.2) is 0 Å². The van der Waals surface area contributed by atoms with Gasteiger partial charge in [-0.3, -0.25) is 9.69 Å². The highest BCUT2D eigenvalue weighted by atomic mass is 16.3. The maximum atomic E-state index is 11.6. The largest absolute Gasteiger partial charge is 0.460 e. The molecule has 2 aliphatic rings. The van der Waals surface area contributed by atoms with Crippen LogP contribution in [-0.2, 0) is 6.42 Å². The number of hydrogen-bond donors (Lipinski definition) is 1. The highest BCUT2D eigenvalue weighted by molar-refractivity contribution is 5.97. The second-order valence-electron chi connectivity index (χ2n) is 8.47. The van der Waals surface area contributed by atoms with E-state index in [-0.39, 0.29) is 5.91 Å². The summed E-state index contributed by atoms with van der Waals surface area (Å²) < 4.78 is 6.42. The van der Waals surface area contributed by atoms with Gasteiger partial charge < -0.3 is 10.2 Å². The number of furan rings is 1. The first-order chi connectivity index (χ1) is 12.5. The lowest BCUT2D eigenvalue weighted by Gasteiger charge is -2.45. The molecule has 0 radical (unpaired) electrons. The number of rotatable bonds is 4. The van der Waals surface area contributed by atoms with Crippen LogP contribution >= 0.6 is 0 Å². The number of nitrogens with zero attached hydrogens (tertiary/aromatic N) is 1. The molecule has 2 aliphatic heterocycles. The molecule has 1 aromatic heterocycles. The lowest BCUT2D eigenvalue weighted by atomic mass is 9.76. The fraction of sp³-hybridized carbons (Fsp3) is 0.591. The monoisotopic (exact) mass is 354 g/mol. The van der Waals surface area contributed by atoms with Crippen molar-refractivity contribution in [2.75, 3.05) is 13.1 Å². The molecule has 4 heteroatoms. The van der Waals surface area contributed by atoms with Crippen molar-refractivity contribution in [2.45, 2.75) is 58.4 Å². The molecule has 0 spiro atoms. The zero-order valence-corrected chi connectivity index (χ0v) is 16.1. The molecule has 4 rings (SSSR count). The SMILES string of the molecule is CCCC(C)C1C2C[C@H](C)CN1CCc1c2oc2ccc(C(N)=O)cc12. The van der Waals surface area contributed by atoms with E-state index >= 15 is 0 Å². The van der Waals surface area contributed by atoms with E-state index in [0.29, 0.717) is 29.4 Å². The van der Waals surface area contributed by atoms with Gasteiger partial charge in [0.1, 0.15) is 11.3 Å². The number of amides is 1. The van der Waals surface area contributed by atoms with Crippen LogP contribution in [0.25, 0.3) is 11.0 Å². The van der Waals surface area contributed by atoms with E-state index in [9.17, 15) is 4.79 Å². The first-order valence-corrected chi connectivity index (χ1v) is 10.1. The molecule has 5 atom stereocenters. The van der Waals surface area contributed by atoms with Gasteiger partial charge >= 0.3 is 0 Å². The molecule has 1 aromatic carbocycles. The summed E-state index contributed by atoms with van der Waals surface area (Å²) in [5.41, 5.74) is 8.27. The van der Waals surface area contributed by atoms with Gasteiger partial charge in [0.15, 0.2) is 0 Å². The van der Waals surface area contributed by atoms with Crippen molar-refractivity contribution in [2.24, 2.45) is 17.6 Å². The number of nitrogens with two attached hydrogens (primary N) is 1. The highest BCUT2D eigenvalue weighted by Gasteiger charge is 2.43. The number of benzene rings is 1. The fourth-order valence-corrected chi connectivity index (χ4v) is 5.44. The standard InChI is InChI=1S/C22H30N2O2/c1-4-5-14(3)20-18-10-13(2)12-24(20)9-8-16-17-11-15(22(23)25)6-7-19(17)26-21(16)18/h6-7,11,13-14,18,20H,4-5,8-10,12H2,1-3H3,(H2,23,25)/t13-,14?,18?,20?/m0/s1. The lowest BCUT2D eigenvalue weighted by molar-refractivity contribution is 0.0559. The Bertz CT molecular complexity index is 825. The molecular formula is C22H30N2O2. The summed E-state index contributed by atoms with van der Waals surface area (Å²) >= 11 is 0. The summed E-state index contributed by atoms with van der Waals surface area (Å²) in [6, 6.07) is 6.18. The molecule has 3 heterocycles. The van der Waals surface area contributed by atoms with Crippen LogP contribution in [0.5, 0.6) is 0 Å². The predicted octanol–water partition coefficient (Wildman–Crippen LogP) is 4.32. The molecule has 4 unspecified atom stereocenters. The minimum Gasteiger partial charge on any atom is -0.460 e. The highest BCUT2D eigenvalue weighted by Crippen LogP contribution is 2.45. The summed E-state index contributed by atoms with van der Waals surface area (Å²) in [4.78, 5) is 14.3. The van der Waals surface area contributed by atoms with Crippen LogP contribution in [0.2, 0.25) is 0 Å². The number of hydrogen-bond acceptors (Lipinski definition) is 3. The Balaban J connectivity index is 1.83. The van der Waals surface area contributed by atoms with Crippen molar-refractivity contribution >= 4 is 16.9 Å². The van der Waals surface area contributed by atoms with Crippen LogP contribution < -0.4 is 5.73 Å². The van der Waals surface area contributed by atoms with Gasteiger partial charge in [-0.15, -0.1) is 0 Å². The third kappa shape index (κ3) is 2.84. The minimum absolute atomic E-state index is 0.374. The van der Waals surface area contributed by atoms with Crippen molar-refractivity contribution in [1.82, 2.24) is 4.90 Å². The van der Waals surface area contributed by atoms with Gasteiger partial charge in [-0.2, -0.15) is 0 Å². The third-order valence-corrected chi connectivity index (χ3v) is 6.46. The van der Waals surface area contributed by atoms with Gasteiger partial charge in [-0.05, 0) is 49.3 Å². The van der Waals surface area contributed by atoms with Gasteiger partial charge in [0.05, 0.1) is 0 Å². The van der Waals surface area contributed by atoms with Crippen LogP contribution in [0.3, 0.4) is 0 Å². The van der Waals surface area contributed by atoms with Crippen molar-refractivity contribution in [1.29, 1.82) is 0 Å². The third-order valence-electron chi connectivity index (χ3n) is 6.46. The molecule has 1 saturated heterocycles. The normalized spacial score (nSPS) is 29.2. The first-order valence-electron chi connectivity index (χ1n) is 10.1. The zero-order valence-electron chi connectivity index (χ0n) is 16.1. The second-order valence-corrected chi connectivity index (χ2v) is 8.47. The maximum absolute atomic E-state index is 11.6. The van der Waals surface area contributed by atoms with E-state index in [4.69, 9.17) is 10.2 Å². The van der Waals surface area contributed by atoms with E-state index in [1.165, 1.54) is 37.1 Å². The van der Waals surface area contributed by atoms with Crippen LogP contribution in [0.1, 0.15) is 67.6 Å². The number of carbonyl (C=O) groups is 1. The van der Waals surface area contributed by atoms with Gasteiger partial charge in [0.2, 0.25) is 5.91 Å². The Labute approximate surface area is 155 Å². The van der Waals surface area contributed by atoms with Crippen molar-refractivity contribution in [3.8, 4) is 0 Å². The summed E-state index contributed by atoms with van der Waals surface area (Å²) in [6.45, 7) is 9.30. The lowest BCUT2D eigenvalue weighted by Crippen LogP contribution is -2.49. The summed E-state index contributed by atoms with van der Waals surface area (Å²) in [5, 5.41) is 1.08. The Morgan fingerprint density at radius 1 is 1.42 bits per heavy atom. The summed E-state index contributed by atoms with van der Waals surface area (Å²) in [6.07, 6.45) is 4.66. The second kappa shape index (κ2) is 6.73. The average Bonchev–Trinajstić information content (AvgIpc) is 2.92. The van der Waals surface area contributed by atoms with Gasteiger partial charge in [0.25, 0.3) is 0 Å².